The van der Waals surface area contributed by atoms with Gasteiger partial charge in [0.15, 0.2) is 0 Å². The fourth-order valence-corrected chi connectivity index (χ4v) is 17.3. The summed E-state index contributed by atoms with van der Waals surface area (Å²) in [5, 5.41) is 0. The summed E-state index contributed by atoms with van der Waals surface area (Å²) in [4.78, 5) is 9.20. The van der Waals surface area contributed by atoms with Gasteiger partial charge in [-0.15, -0.1) is 0 Å². The van der Waals surface area contributed by atoms with Gasteiger partial charge >= 0.3 is 0 Å². The van der Waals surface area contributed by atoms with Gasteiger partial charge in [0, 0.05) is 41.8 Å². The van der Waals surface area contributed by atoms with E-state index in [-0.39, 0.29) is 16.4 Å². The van der Waals surface area contributed by atoms with E-state index in [1.165, 1.54) is 96.4 Å². The van der Waals surface area contributed by atoms with E-state index in [2.05, 4.69) is 111 Å². The maximum absolute atomic E-state index is 3.00. The van der Waals surface area contributed by atoms with E-state index in [1.54, 1.807) is 37.4 Å². The van der Waals surface area contributed by atoms with Crippen LogP contribution in [0.2, 0.25) is 0 Å². The minimum absolute atomic E-state index is 0.00547. The second-order valence-electron chi connectivity index (χ2n) is 18.9. The van der Waals surface area contributed by atoms with E-state index in [0.29, 0.717) is 12.1 Å². The molecular formula is C45H44BNS2. The molecule has 0 saturated heterocycles. The molecule has 5 saturated carbocycles. The fourth-order valence-electron chi connectivity index (χ4n) is 14.6. The van der Waals surface area contributed by atoms with Crippen LogP contribution in [0, 0.1) is 17.8 Å². The topological polar surface area (TPSA) is 3.24 Å². The standard InChI is InChI=1S/C45H44BNS2/c1-42(2)28-11-6-5-10-27(28)35-29(42)19-34-39-41(35)49-33-20-30(45-21-24-16-25(22-45)18-26(17-24)23-45)36-40-38(33)46(39)37-31(12-9-13-32(37)48-34)47(40)44(4)15-8-7-14-43(36,44)3/h5-6,9-13,19-20,24-26H,7-8,14-18,21-23H2,1-4H3. The molecule has 4 heterocycles. The summed E-state index contributed by atoms with van der Waals surface area (Å²) >= 11 is 4.26. The van der Waals surface area contributed by atoms with Gasteiger partial charge in [-0.1, -0.05) is 87.5 Å². The summed E-state index contributed by atoms with van der Waals surface area (Å²) in [6, 6.07) is 22.3. The molecule has 49 heavy (non-hydrogen) atoms. The van der Waals surface area contributed by atoms with E-state index in [9.17, 15) is 0 Å². The normalized spacial score (nSPS) is 34.9. The van der Waals surface area contributed by atoms with Crippen molar-refractivity contribution in [3.8, 4) is 11.1 Å². The molecule has 0 N–H and O–H groups in total. The van der Waals surface area contributed by atoms with Crippen LogP contribution in [0.15, 0.2) is 74.2 Å². The van der Waals surface area contributed by atoms with Gasteiger partial charge in [-0.25, -0.2) is 0 Å². The maximum atomic E-state index is 3.00. The number of hydrogen-bond acceptors (Lipinski definition) is 3. The molecule has 4 heteroatoms. The number of fused-ring (bicyclic) bond motifs is 8. The van der Waals surface area contributed by atoms with E-state index in [1.807, 2.05) is 11.1 Å². The highest BCUT2D eigenvalue weighted by atomic mass is 32.2. The predicted octanol–water partition coefficient (Wildman–Crippen LogP) is 9.96. The minimum atomic E-state index is 0.00547. The van der Waals surface area contributed by atoms with Gasteiger partial charge in [0.2, 0.25) is 0 Å². The van der Waals surface area contributed by atoms with Crippen molar-refractivity contribution in [2.45, 2.75) is 133 Å². The van der Waals surface area contributed by atoms with Gasteiger partial charge < -0.3 is 4.90 Å². The Balaban J connectivity index is 1.17. The Morgan fingerprint density at radius 2 is 1.41 bits per heavy atom. The Morgan fingerprint density at radius 1 is 0.694 bits per heavy atom. The molecule has 14 rings (SSSR count). The van der Waals surface area contributed by atoms with Crippen molar-refractivity contribution in [1.82, 2.24) is 0 Å². The van der Waals surface area contributed by atoms with Crippen LogP contribution in [-0.2, 0) is 16.2 Å². The van der Waals surface area contributed by atoms with Crippen molar-refractivity contribution in [1.29, 1.82) is 0 Å². The first-order chi connectivity index (χ1) is 23.7. The molecule has 4 aliphatic heterocycles. The molecule has 0 amide bonds. The molecule has 2 atom stereocenters. The largest absolute Gasteiger partial charge is 0.335 e. The van der Waals surface area contributed by atoms with Crippen molar-refractivity contribution in [3.63, 3.8) is 0 Å². The van der Waals surface area contributed by atoms with E-state index in [4.69, 9.17) is 0 Å². The van der Waals surface area contributed by atoms with E-state index in [0.717, 1.165) is 17.8 Å². The first-order valence-electron chi connectivity index (χ1n) is 19.5. The van der Waals surface area contributed by atoms with Crippen LogP contribution >= 0.6 is 23.5 Å². The van der Waals surface area contributed by atoms with Crippen molar-refractivity contribution in [3.05, 3.63) is 76.9 Å². The van der Waals surface area contributed by atoms with Gasteiger partial charge in [-0.2, -0.15) is 0 Å². The summed E-state index contributed by atoms with van der Waals surface area (Å²) in [6.45, 7) is 10.7. The third-order valence-electron chi connectivity index (χ3n) is 16.4. The lowest BCUT2D eigenvalue weighted by Crippen LogP contribution is -2.65. The Kier molecular flexibility index (Phi) is 4.90. The number of benzene rings is 4. The summed E-state index contributed by atoms with van der Waals surface area (Å²) in [6.07, 6.45) is 14.2. The smallest absolute Gasteiger partial charge is 0.252 e. The fraction of sp³-hybridized carbons (Fsp3) is 0.467. The van der Waals surface area contributed by atoms with Gasteiger partial charge in [-0.3, -0.25) is 0 Å². The molecule has 244 valence electrons. The second-order valence-corrected chi connectivity index (χ2v) is 21.1. The lowest BCUT2D eigenvalue weighted by Gasteiger charge is -2.58. The van der Waals surface area contributed by atoms with Crippen molar-refractivity contribution < 1.29 is 0 Å². The van der Waals surface area contributed by atoms with E-state index < -0.39 is 0 Å². The molecule has 2 unspecified atom stereocenters. The Morgan fingerprint density at radius 3 is 2.20 bits per heavy atom. The average molecular weight is 674 g/mol. The average Bonchev–Trinajstić information content (AvgIpc) is 3.44. The SMILES string of the molecule is CC1(C)c2ccccc2-c2c1cc1c3c2Sc2cc(C45CC6CC(CC(C6)C4)C5)c4c5c2B3c2c(cccc2N5C2(C)CCCCC42C)S1. The highest BCUT2D eigenvalue weighted by Crippen LogP contribution is 2.69. The van der Waals surface area contributed by atoms with E-state index >= 15 is 0 Å². The summed E-state index contributed by atoms with van der Waals surface area (Å²) in [5.41, 5.74) is 18.5. The van der Waals surface area contributed by atoms with Crippen molar-refractivity contribution in [2.24, 2.45) is 17.8 Å². The lowest BCUT2D eigenvalue weighted by atomic mass is 9.34. The molecule has 4 bridgehead atoms. The van der Waals surface area contributed by atoms with Crippen LogP contribution in [0.3, 0.4) is 0 Å². The van der Waals surface area contributed by atoms with Crippen LogP contribution in [0.4, 0.5) is 11.4 Å². The molecule has 0 radical (unpaired) electrons. The third kappa shape index (κ3) is 2.99. The highest BCUT2D eigenvalue weighted by molar-refractivity contribution is 8.01. The third-order valence-corrected chi connectivity index (χ3v) is 18.7. The first kappa shape index (κ1) is 28.1. The zero-order chi connectivity index (χ0) is 32.4. The van der Waals surface area contributed by atoms with Crippen LogP contribution in [0.25, 0.3) is 11.1 Å². The zero-order valence-corrected chi connectivity index (χ0v) is 31.0. The molecule has 10 aliphatic rings. The Hall–Kier alpha value is -2.56. The first-order valence-corrected chi connectivity index (χ1v) is 21.2. The zero-order valence-electron chi connectivity index (χ0n) is 29.3. The molecule has 4 aromatic rings. The van der Waals surface area contributed by atoms with Crippen LogP contribution in [0.1, 0.15) is 114 Å². The maximum Gasteiger partial charge on any atom is 0.252 e. The Bertz CT molecular complexity index is 2230. The Labute approximate surface area is 300 Å². The van der Waals surface area contributed by atoms with Gasteiger partial charge in [-0.05, 0) is 155 Å². The van der Waals surface area contributed by atoms with Crippen LogP contribution < -0.4 is 21.3 Å². The molecular weight excluding hydrogens is 629 g/mol. The van der Waals surface area contributed by atoms with Crippen molar-refractivity contribution in [2.75, 3.05) is 4.90 Å². The number of anilines is 2. The molecule has 1 nitrogen and oxygen atoms in total. The molecule has 5 fully saturated rings. The number of hydrogen-bond donors (Lipinski definition) is 0. The van der Waals surface area contributed by atoms with Gasteiger partial charge in [0.25, 0.3) is 6.71 Å². The second kappa shape index (κ2) is 8.55. The summed E-state index contributed by atoms with van der Waals surface area (Å²) in [7, 11) is 0. The molecule has 0 aromatic heterocycles. The summed E-state index contributed by atoms with van der Waals surface area (Å²) in [5.74, 6) is 2.85. The molecule has 4 aromatic carbocycles. The van der Waals surface area contributed by atoms with Crippen LogP contribution in [0.5, 0.6) is 0 Å². The summed E-state index contributed by atoms with van der Waals surface area (Å²) < 4.78 is 0. The minimum Gasteiger partial charge on any atom is -0.335 e. The molecule has 6 aliphatic carbocycles. The lowest BCUT2D eigenvalue weighted by molar-refractivity contribution is -0.00637. The van der Waals surface area contributed by atoms with Gasteiger partial charge in [0.1, 0.15) is 0 Å². The van der Waals surface area contributed by atoms with Crippen molar-refractivity contribution >= 4 is 58.0 Å². The molecule has 0 spiro atoms. The quantitative estimate of drug-likeness (QED) is 0.160. The highest BCUT2D eigenvalue weighted by Gasteiger charge is 2.65. The van der Waals surface area contributed by atoms with Crippen LogP contribution in [-0.4, -0.2) is 12.3 Å². The monoisotopic (exact) mass is 673 g/mol. The predicted molar refractivity (Wildman–Crippen MR) is 206 cm³/mol. The number of rotatable bonds is 1. The van der Waals surface area contributed by atoms with Gasteiger partial charge in [0.05, 0.1) is 5.54 Å². The number of nitrogens with zero attached hydrogens (tertiary/aromatic N) is 1.